The van der Waals surface area contributed by atoms with Crippen LogP contribution in [0.25, 0.3) is 0 Å². The van der Waals surface area contributed by atoms with Crippen LogP contribution in [0.4, 0.5) is 11.4 Å². The zero-order valence-electron chi connectivity index (χ0n) is 11.6. The molecule has 0 spiro atoms. The van der Waals surface area contributed by atoms with E-state index in [9.17, 15) is 14.8 Å². The molecule has 0 aliphatic carbocycles. The summed E-state index contributed by atoms with van der Waals surface area (Å²) >= 11 is 0. The first-order valence-corrected chi connectivity index (χ1v) is 6.28. The van der Waals surface area contributed by atoms with Crippen molar-refractivity contribution in [1.82, 2.24) is 0 Å². The van der Waals surface area contributed by atoms with Gasteiger partial charge in [0.05, 0.1) is 23.9 Å². The van der Waals surface area contributed by atoms with E-state index in [0.29, 0.717) is 5.69 Å². The minimum atomic E-state index is -0.590. The fraction of sp³-hybridized carbons (Fsp3) is 0.0667. The van der Waals surface area contributed by atoms with E-state index in [-0.39, 0.29) is 22.0 Å². The number of amides is 1. The third-order valence-electron chi connectivity index (χ3n) is 2.90. The summed E-state index contributed by atoms with van der Waals surface area (Å²) in [6.45, 7) is 0. The summed E-state index contributed by atoms with van der Waals surface area (Å²) in [5.74, 6) is -1.12. The maximum absolute atomic E-state index is 12.2. The van der Waals surface area contributed by atoms with Crippen LogP contribution in [0.3, 0.4) is 0 Å². The quantitative estimate of drug-likeness (QED) is 0.664. The minimum Gasteiger partial charge on any atom is -0.733 e. The maximum atomic E-state index is 12.2. The molecule has 0 fully saturated rings. The number of benzene rings is 2. The molecule has 0 aromatic heterocycles. The molecule has 2 N–H and O–H groups in total. The number of methoxy groups -OCH3 is 1. The van der Waals surface area contributed by atoms with E-state index in [4.69, 9.17) is 5.21 Å². The first-order valence-electron chi connectivity index (χ1n) is 6.28. The first-order chi connectivity index (χ1) is 10.5. The number of hydrogen-bond acceptors (Lipinski definition) is 6. The van der Waals surface area contributed by atoms with Crippen molar-refractivity contribution in [2.75, 3.05) is 17.7 Å². The van der Waals surface area contributed by atoms with Gasteiger partial charge in [-0.05, 0) is 30.3 Å². The molecular formula is C15H13N2O5-. The van der Waals surface area contributed by atoms with Crippen LogP contribution in [0.2, 0.25) is 0 Å². The van der Waals surface area contributed by atoms with Crippen molar-refractivity contribution in [3.8, 4) is 0 Å². The zero-order valence-corrected chi connectivity index (χ0v) is 11.6. The average molecular weight is 301 g/mol. The molecule has 1 amide bonds. The monoisotopic (exact) mass is 301 g/mol. The van der Waals surface area contributed by atoms with E-state index in [2.05, 4.69) is 10.1 Å². The molecule has 2 rings (SSSR count). The third-order valence-corrected chi connectivity index (χ3v) is 2.90. The highest BCUT2D eigenvalue weighted by molar-refractivity contribution is 6.08. The molecule has 7 nitrogen and oxygen atoms in total. The lowest BCUT2D eigenvalue weighted by Crippen LogP contribution is -2.18. The smallest absolute Gasteiger partial charge is 0.337 e. The van der Waals surface area contributed by atoms with Crippen LogP contribution in [0.5, 0.6) is 0 Å². The summed E-state index contributed by atoms with van der Waals surface area (Å²) in [4.78, 5) is 23.6. The molecule has 114 valence electrons. The Morgan fingerprint density at radius 2 is 1.91 bits per heavy atom. The summed E-state index contributed by atoms with van der Waals surface area (Å²) in [6.07, 6.45) is 0. The first kappa shape index (κ1) is 15.5. The standard InChI is InChI=1S/C15H13N2O5/c1-22-15(19)10-5-4-6-11(9-10)16-14(18)12-7-2-3-8-13(12)17(20)21/h2-9,20H,1H3,(H,16,18)/q-1. The molecule has 2 aromatic carbocycles. The van der Waals surface area contributed by atoms with E-state index in [1.54, 1.807) is 24.3 Å². The van der Waals surface area contributed by atoms with Crippen LogP contribution in [-0.2, 0) is 4.74 Å². The van der Waals surface area contributed by atoms with Gasteiger partial charge >= 0.3 is 5.97 Å². The summed E-state index contributed by atoms with van der Waals surface area (Å²) in [5.41, 5.74) is 0.465. The van der Waals surface area contributed by atoms with Crippen LogP contribution in [0.1, 0.15) is 20.7 Å². The van der Waals surface area contributed by atoms with Crippen molar-refractivity contribution in [3.63, 3.8) is 0 Å². The van der Waals surface area contributed by atoms with Crippen LogP contribution in [-0.4, -0.2) is 24.2 Å². The number of hydrogen-bond donors (Lipinski definition) is 2. The Labute approximate surface area is 126 Å². The Morgan fingerprint density at radius 1 is 1.18 bits per heavy atom. The van der Waals surface area contributed by atoms with Crippen molar-refractivity contribution >= 4 is 23.3 Å². The van der Waals surface area contributed by atoms with Crippen molar-refractivity contribution in [2.45, 2.75) is 0 Å². The number of nitrogens with one attached hydrogen (secondary N) is 1. The lowest BCUT2D eigenvalue weighted by Gasteiger charge is -2.24. The van der Waals surface area contributed by atoms with E-state index in [0.717, 1.165) is 0 Å². The largest absolute Gasteiger partial charge is 0.733 e. The molecule has 0 saturated carbocycles. The predicted molar refractivity (Wildman–Crippen MR) is 79.8 cm³/mol. The zero-order chi connectivity index (χ0) is 16.1. The van der Waals surface area contributed by atoms with Gasteiger partial charge in [0.15, 0.2) is 0 Å². The molecular weight excluding hydrogens is 288 g/mol. The van der Waals surface area contributed by atoms with Gasteiger partial charge in [0.2, 0.25) is 0 Å². The van der Waals surface area contributed by atoms with E-state index >= 15 is 0 Å². The molecule has 7 heteroatoms. The molecule has 0 heterocycles. The molecule has 0 atom stereocenters. The SMILES string of the molecule is COC(=O)c1cccc(NC(=O)c2ccccc2N([O-])O)c1. The predicted octanol–water partition coefficient (Wildman–Crippen LogP) is 2.42. The number of carbonyl (C=O) groups is 2. The van der Waals surface area contributed by atoms with Crippen molar-refractivity contribution < 1.29 is 19.5 Å². The third kappa shape index (κ3) is 3.40. The van der Waals surface area contributed by atoms with E-state index in [1.165, 1.54) is 31.4 Å². The minimum absolute atomic E-state index is 0.00321. The summed E-state index contributed by atoms with van der Waals surface area (Å²) in [5, 5.41) is 22.2. The normalized spacial score (nSPS) is 9.95. The molecule has 22 heavy (non-hydrogen) atoms. The molecule has 0 unspecified atom stereocenters. The number of anilines is 2. The fourth-order valence-corrected chi connectivity index (χ4v) is 1.87. The van der Waals surface area contributed by atoms with Crippen LogP contribution in [0.15, 0.2) is 48.5 Å². The molecule has 0 saturated heterocycles. The van der Waals surface area contributed by atoms with E-state index in [1.807, 2.05) is 0 Å². The highest BCUT2D eigenvalue weighted by Gasteiger charge is 2.13. The number of para-hydroxylation sites is 1. The Kier molecular flexibility index (Phi) is 4.72. The van der Waals surface area contributed by atoms with Crippen LogP contribution >= 0.6 is 0 Å². The highest BCUT2D eigenvalue weighted by atomic mass is 16.8. The molecule has 2 aromatic rings. The fourth-order valence-electron chi connectivity index (χ4n) is 1.87. The second-order valence-corrected chi connectivity index (χ2v) is 4.32. The molecule has 0 radical (unpaired) electrons. The van der Waals surface area contributed by atoms with Gasteiger partial charge in [0.1, 0.15) is 0 Å². The Balaban J connectivity index is 2.25. The Morgan fingerprint density at radius 3 is 2.59 bits per heavy atom. The van der Waals surface area contributed by atoms with Gasteiger partial charge in [-0.3, -0.25) is 10.0 Å². The van der Waals surface area contributed by atoms with E-state index < -0.39 is 11.9 Å². The number of esters is 1. The van der Waals surface area contributed by atoms with Gasteiger partial charge in [0.25, 0.3) is 5.91 Å². The summed E-state index contributed by atoms with van der Waals surface area (Å²) in [7, 11) is 1.26. The second-order valence-electron chi connectivity index (χ2n) is 4.32. The van der Waals surface area contributed by atoms with Gasteiger partial charge in [0, 0.05) is 5.69 Å². The summed E-state index contributed by atoms with van der Waals surface area (Å²) in [6, 6.07) is 11.9. The van der Waals surface area contributed by atoms with Crippen LogP contribution < -0.4 is 10.5 Å². The number of rotatable bonds is 4. The van der Waals surface area contributed by atoms with Gasteiger partial charge in [-0.2, -0.15) is 0 Å². The number of nitrogens with zero attached hydrogens (tertiary/aromatic N) is 1. The molecule has 0 aliphatic heterocycles. The lowest BCUT2D eigenvalue weighted by molar-refractivity contribution is 0.0600. The average Bonchev–Trinajstić information content (AvgIpc) is 2.54. The van der Waals surface area contributed by atoms with Gasteiger partial charge in [-0.25, -0.2) is 4.79 Å². The molecule has 0 bridgehead atoms. The second kappa shape index (κ2) is 6.70. The van der Waals surface area contributed by atoms with Gasteiger partial charge in [-0.1, -0.05) is 18.2 Å². The maximum Gasteiger partial charge on any atom is 0.337 e. The van der Waals surface area contributed by atoms with Crippen molar-refractivity contribution in [2.24, 2.45) is 0 Å². The molecule has 0 aliphatic rings. The van der Waals surface area contributed by atoms with Gasteiger partial charge in [-0.15, -0.1) is 0 Å². The summed E-state index contributed by atoms with van der Waals surface area (Å²) < 4.78 is 4.60. The Hall–Kier alpha value is -2.90. The number of carbonyl (C=O) groups excluding carboxylic acids is 2. The highest BCUT2D eigenvalue weighted by Crippen LogP contribution is 2.20. The van der Waals surface area contributed by atoms with Crippen LogP contribution in [0, 0.1) is 5.21 Å². The van der Waals surface area contributed by atoms with Crippen molar-refractivity contribution in [1.29, 1.82) is 0 Å². The van der Waals surface area contributed by atoms with Crippen molar-refractivity contribution in [3.05, 3.63) is 64.9 Å². The Bertz CT molecular complexity index is 700. The van der Waals surface area contributed by atoms with Gasteiger partial charge < -0.3 is 20.5 Å². The lowest BCUT2D eigenvalue weighted by atomic mass is 10.1. The number of ether oxygens (including phenoxy) is 1. The topological polar surface area (TPSA) is 102 Å².